The fraction of sp³-hybridized carbons (Fsp3) is 0.222. The molecule has 0 radical (unpaired) electrons. The molecule has 0 heterocycles. The van der Waals surface area contributed by atoms with Gasteiger partial charge in [0.2, 0.25) is 5.91 Å². The first-order chi connectivity index (χ1) is 22.5. The molecule has 0 fully saturated rings. The van der Waals surface area contributed by atoms with Crippen molar-refractivity contribution in [2.45, 2.75) is 33.1 Å². The summed E-state index contributed by atoms with van der Waals surface area (Å²) in [5.74, 6) is -4.70. The predicted molar refractivity (Wildman–Crippen MR) is 187 cm³/mol. The highest BCUT2D eigenvalue weighted by atomic mass is 35.5. The number of carbonyl (C=O) groups is 2. The molecular formula is C36H34Cl2F2N2O5S. The number of hydrogen-bond donors (Lipinski definition) is 3. The van der Waals surface area contributed by atoms with Gasteiger partial charge in [-0.2, -0.15) is 8.42 Å². The first-order valence-electron chi connectivity index (χ1n) is 14.9. The summed E-state index contributed by atoms with van der Waals surface area (Å²) < 4.78 is 61.4. The van der Waals surface area contributed by atoms with E-state index in [2.05, 4.69) is 37.5 Å². The van der Waals surface area contributed by atoms with Gasteiger partial charge < -0.3 is 10.6 Å². The second-order valence-corrected chi connectivity index (χ2v) is 14.7. The zero-order valence-corrected chi connectivity index (χ0v) is 28.7. The number of hydrogen-bond acceptors (Lipinski definition) is 4. The van der Waals surface area contributed by atoms with Crippen LogP contribution in [0, 0.1) is 17.0 Å². The Bertz CT molecular complexity index is 1920. The van der Waals surface area contributed by atoms with Gasteiger partial charge in [0.25, 0.3) is 16.0 Å². The number of allylic oxidation sites excluding steroid dienone is 1. The van der Waals surface area contributed by atoms with Crippen molar-refractivity contribution in [1.82, 2.24) is 5.32 Å². The Labute approximate surface area is 288 Å². The Hall–Kier alpha value is -4.09. The molecule has 1 unspecified atom stereocenters. The van der Waals surface area contributed by atoms with Crippen LogP contribution in [0.15, 0.2) is 84.9 Å². The average molecular weight is 716 g/mol. The highest BCUT2D eigenvalue weighted by Gasteiger charge is 2.25. The highest BCUT2D eigenvalue weighted by Crippen LogP contribution is 2.34. The number of carbonyl (C=O) groups excluding carboxylic acids is 2. The molecule has 0 saturated heterocycles. The minimum atomic E-state index is -4.23. The van der Waals surface area contributed by atoms with E-state index in [4.69, 9.17) is 27.8 Å². The van der Waals surface area contributed by atoms with Crippen LogP contribution in [-0.4, -0.2) is 37.1 Å². The molecule has 7 nitrogen and oxygen atoms in total. The lowest BCUT2D eigenvalue weighted by molar-refractivity contribution is -0.117. The molecular weight excluding hydrogens is 681 g/mol. The minimum absolute atomic E-state index is 0.0384. The van der Waals surface area contributed by atoms with Gasteiger partial charge in [0.15, 0.2) is 0 Å². The Morgan fingerprint density at radius 1 is 0.917 bits per heavy atom. The maximum Gasteiger partial charge on any atom is 0.266 e. The van der Waals surface area contributed by atoms with Crippen LogP contribution < -0.4 is 10.6 Å². The first-order valence-corrected chi connectivity index (χ1v) is 17.2. The van der Waals surface area contributed by atoms with E-state index >= 15 is 8.78 Å². The van der Waals surface area contributed by atoms with Crippen LogP contribution in [0.1, 0.15) is 53.7 Å². The van der Waals surface area contributed by atoms with Crippen LogP contribution in [0.2, 0.25) is 10.0 Å². The lowest BCUT2D eigenvalue weighted by atomic mass is 9.89. The molecule has 48 heavy (non-hydrogen) atoms. The molecule has 1 atom stereocenters. The number of nitrogens with one attached hydrogen (secondary N) is 2. The number of anilines is 1. The zero-order valence-electron chi connectivity index (χ0n) is 26.4. The van der Waals surface area contributed by atoms with E-state index < -0.39 is 50.9 Å². The van der Waals surface area contributed by atoms with Crippen molar-refractivity contribution >= 4 is 56.9 Å². The summed E-state index contributed by atoms with van der Waals surface area (Å²) in [7, 11) is -4.23. The van der Waals surface area contributed by atoms with E-state index in [1.54, 1.807) is 36.4 Å². The van der Waals surface area contributed by atoms with Crippen LogP contribution in [0.3, 0.4) is 0 Å². The molecule has 3 N–H and O–H groups in total. The lowest BCUT2D eigenvalue weighted by Crippen LogP contribution is -2.28. The molecule has 0 bridgehead atoms. The summed E-state index contributed by atoms with van der Waals surface area (Å²) in [6, 6.07) is 20.2. The van der Waals surface area contributed by atoms with E-state index in [-0.39, 0.29) is 34.5 Å². The van der Waals surface area contributed by atoms with E-state index in [1.165, 1.54) is 18.2 Å². The molecule has 2 amide bonds. The standard InChI is InChI=1S/C36H34Cl2F2N2O5S/c1-36(2,3)15-14-22-4-8-24(9-5-22)29(18-23-6-10-25(11-7-23)34(43)41-16-17-48(45,46)47)35(44)42-33-31(39)19-26(20-32(33)40)28-13-12-27(37)21-30(28)38/h4-15,19-21,29H,16-18H2,1-3H3,(H,41,43)(H,42,44)(H,45,46,47). The summed E-state index contributed by atoms with van der Waals surface area (Å²) in [6.07, 6.45) is 4.15. The molecule has 0 aliphatic heterocycles. The fourth-order valence-electron chi connectivity index (χ4n) is 4.75. The van der Waals surface area contributed by atoms with Crippen molar-refractivity contribution in [2.75, 3.05) is 17.6 Å². The Kier molecular flexibility index (Phi) is 11.8. The van der Waals surface area contributed by atoms with E-state index in [0.717, 1.165) is 17.7 Å². The summed E-state index contributed by atoms with van der Waals surface area (Å²) in [4.78, 5) is 26.2. The molecule has 4 aromatic carbocycles. The molecule has 12 heteroatoms. The van der Waals surface area contributed by atoms with Gasteiger partial charge in [0, 0.05) is 27.7 Å². The van der Waals surface area contributed by atoms with Gasteiger partial charge in [-0.05, 0) is 70.5 Å². The molecule has 0 aromatic heterocycles. The molecule has 4 rings (SSSR count). The third-order valence-corrected chi connectivity index (χ3v) is 8.53. The third kappa shape index (κ3) is 10.5. The predicted octanol–water partition coefficient (Wildman–Crippen LogP) is 8.58. The van der Waals surface area contributed by atoms with Crippen molar-refractivity contribution < 1.29 is 31.3 Å². The third-order valence-electron chi connectivity index (χ3n) is 7.27. The van der Waals surface area contributed by atoms with E-state index in [1.807, 2.05) is 18.2 Å². The van der Waals surface area contributed by atoms with Crippen molar-refractivity contribution in [3.05, 3.63) is 129 Å². The minimum Gasteiger partial charge on any atom is -0.351 e. The van der Waals surface area contributed by atoms with Crippen LogP contribution >= 0.6 is 23.2 Å². The smallest absolute Gasteiger partial charge is 0.266 e. The number of halogens is 4. The Morgan fingerprint density at radius 2 is 1.54 bits per heavy atom. The van der Waals surface area contributed by atoms with Gasteiger partial charge in [-0.1, -0.05) is 98.6 Å². The second kappa shape index (κ2) is 15.4. The van der Waals surface area contributed by atoms with Gasteiger partial charge in [-0.3, -0.25) is 14.1 Å². The van der Waals surface area contributed by atoms with Crippen LogP contribution in [0.5, 0.6) is 0 Å². The fourth-order valence-corrected chi connectivity index (χ4v) is 5.63. The first kappa shape index (κ1) is 36.7. The van der Waals surface area contributed by atoms with Crippen molar-refractivity contribution in [1.29, 1.82) is 0 Å². The van der Waals surface area contributed by atoms with Gasteiger partial charge in [-0.15, -0.1) is 0 Å². The highest BCUT2D eigenvalue weighted by molar-refractivity contribution is 7.85. The average Bonchev–Trinajstić information content (AvgIpc) is 3.00. The van der Waals surface area contributed by atoms with Crippen molar-refractivity contribution in [3.63, 3.8) is 0 Å². The van der Waals surface area contributed by atoms with Gasteiger partial charge in [0.1, 0.15) is 17.3 Å². The Balaban J connectivity index is 1.60. The van der Waals surface area contributed by atoms with Crippen LogP contribution in [-0.2, 0) is 21.3 Å². The normalized spacial score (nSPS) is 12.6. The number of rotatable bonds is 11. The largest absolute Gasteiger partial charge is 0.351 e. The maximum absolute atomic E-state index is 15.4. The zero-order chi connectivity index (χ0) is 35.2. The second-order valence-electron chi connectivity index (χ2n) is 12.3. The number of amides is 2. The maximum atomic E-state index is 15.4. The molecule has 0 aliphatic carbocycles. The van der Waals surface area contributed by atoms with Gasteiger partial charge in [-0.25, -0.2) is 8.78 Å². The quantitative estimate of drug-likeness (QED) is 0.135. The summed E-state index contributed by atoms with van der Waals surface area (Å²) in [5, 5.41) is 5.42. The lowest BCUT2D eigenvalue weighted by Gasteiger charge is -2.19. The molecule has 0 spiro atoms. The summed E-state index contributed by atoms with van der Waals surface area (Å²) in [6.45, 7) is 5.94. The summed E-state index contributed by atoms with van der Waals surface area (Å²) in [5.41, 5.74) is 2.27. The van der Waals surface area contributed by atoms with E-state index in [0.29, 0.717) is 21.7 Å². The number of benzene rings is 4. The topological polar surface area (TPSA) is 113 Å². The SMILES string of the molecule is CC(C)(C)C=Cc1ccc(C(Cc2ccc(C(=O)NCCS(=O)(=O)O)cc2)C(=O)Nc2c(F)cc(-c3ccc(Cl)cc3Cl)cc2F)cc1. The molecule has 4 aromatic rings. The van der Waals surface area contributed by atoms with Crippen molar-refractivity contribution in [2.24, 2.45) is 5.41 Å². The van der Waals surface area contributed by atoms with Crippen LogP contribution in [0.25, 0.3) is 17.2 Å². The Morgan fingerprint density at radius 3 is 2.10 bits per heavy atom. The van der Waals surface area contributed by atoms with Gasteiger partial charge >= 0.3 is 0 Å². The monoisotopic (exact) mass is 714 g/mol. The molecule has 252 valence electrons. The van der Waals surface area contributed by atoms with Crippen molar-refractivity contribution in [3.8, 4) is 11.1 Å². The van der Waals surface area contributed by atoms with Gasteiger partial charge in [0.05, 0.1) is 11.7 Å². The van der Waals surface area contributed by atoms with Crippen LogP contribution in [0.4, 0.5) is 14.5 Å². The molecule has 0 saturated carbocycles. The molecule has 0 aliphatic rings. The summed E-state index contributed by atoms with van der Waals surface area (Å²) >= 11 is 12.2. The van der Waals surface area contributed by atoms with E-state index in [9.17, 15) is 18.0 Å².